The maximum absolute atomic E-state index is 6.05. The number of nitrogens with two attached hydrogens (primary N) is 1. The van der Waals surface area contributed by atoms with E-state index in [-0.39, 0.29) is 6.04 Å². The zero-order valence-corrected chi connectivity index (χ0v) is 13.5. The Morgan fingerprint density at radius 3 is 2.26 bits per heavy atom. The average molecular weight is 283 g/mol. The molecular weight excluding hydrogens is 256 g/mol. The Bertz CT molecular complexity index is 402. The molecule has 1 unspecified atom stereocenters. The van der Waals surface area contributed by atoms with Crippen LogP contribution in [0.1, 0.15) is 44.9 Å². The van der Waals surface area contributed by atoms with E-state index in [1.165, 1.54) is 11.1 Å². The van der Waals surface area contributed by atoms with Crippen molar-refractivity contribution in [3.8, 4) is 0 Å². The van der Waals surface area contributed by atoms with Gasteiger partial charge in [-0.25, -0.2) is 0 Å². The number of nitrogens with zero attached hydrogens (tertiary/aromatic N) is 1. The Morgan fingerprint density at radius 2 is 1.84 bits per heavy atom. The maximum Gasteiger partial charge on any atom is 0.0475 e. The van der Waals surface area contributed by atoms with Gasteiger partial charge in [0, 0.05) is 30.2 Å². The zero-order valence-electron chi connectivity index (χ0n) is 12.8. The number of halogens is 1. The van der Waals surface area contributed by atoms with Crippen LogP contribution in [0.25, 0.3) is 0 Å². The molecule has 1 aromatic rings. The summed E-state index contributed by atoms with van der Waals surface area (Å²) in [5, 5.41) is 0.789. The third-order valence-electron chi connectivity index (χ3n) is 3.45. The van der Waals surface area contributed by atoms with Crippen LogP contribution < -0.4 is 5.73 Å². The molecule has 0 aliphatic heterocycles. The minimum atomic E-state index is 0.264. The summed E-state index contributed by atoms with van der Waals surface area (Å²) in [5.41, 5.74) is 8.56. The Labute approximate surface area is 122 Å². The first-order valence-electron chi connectivity index (χ1n) is 7.08. The highest BCUT2D eigenvalue weighted by molar-refractivity contribution is 6.30. The van der Waals surface area contributed by atoms with Gasteiger partial charge in [-0.15, -0.1) is 0 Å². The molecular formula is C16H27ClN2. The standard InChI is InChI=1S/C16H27ClN2/c1-11(2)10-19(12(3)4)16(9-18)15-7-6-14(17)8-13(15)5/h6-8,11-12,16H,9-10,18H2,1-5H3. The van der Waals surface area contributed by atoms with Crippen LogP contribution in [0.15, 0.2) is 18.2 Å². The van der Waals surface area contributed by atoms with Crippen LogP contribution in [0.4, 0.5) is 0 Å². The molecule has 1 atom stereocenters. The second kappa shape index (κ2) is 7.28. The van der Waals surface area contributed by atoms with E-state index in [0.29, 0.717) is 18.5 Å². The highest BCUT2D eigenvalue weighted by Gasteiger charge is 2.23. The van der Waals surface area contributed by atoms with Crippen LogP contribution in [0.2, 0.25) is 5.02 Å². The first-order chi connectivity index (χ1) is 8.86. The van der Waals surface area contributed by atoms with Crippen LogP contribution >= 0.6 is 11.6 Å². The monoisotopic (exact) mass is 282 g/mol. The molecule has 2 nitrogen and oxygen atoms in total. The van der Waals surface area contributed by atoms with Gasteiger partial charge in [-0.2, -0.15) is 0 Å². The Hall–Kier alpha value is -0.570. The molecule has 2 N–H and O–H groups in total. The van der Waals surface area contributed by atoms with E-state index in [1.54, 1.807) is 0 Å². The van der Waals surface area contributed by atoms with Gasteiger partial charge in [-0.05, 0) is 49.9 Å². The normalized spacial score (nSPS) is 13.6. The number of benzene rings is 1. The lowest BCUT2D eigenvalue weighted by Crippen LogP contribution is -2.41. The second-order valence-corrected chi connectivity index (χ2v) is 6.37. The van der Waals surface area contributed by atoms with E-state index in [2.05, 4.69) is 45.6 Å². The van der Waals surface area contributed by atoms with Crippen molar-refractivity contribution in [2.75, 3.05) is 13.1 Å². The van der Waals surface area contributed by atoms with Crippen molar-refractivity contribution in [1.82, 2.24) is 4.90 Å². The molecule has 0 heterocycles. The van der Waals surface area contributed by atoms with Gasteiger partial charge in [0.2, 0.25) is 0 Å². The average Bonchev–Trinajstić information content (AvgIpc) is 2.30. The quantitative estimate of drug-likeness (QED) is 0.854. The van der Waals surface area contributed by atoms with E-state index >= 15 is 0 Å². The van der Waals surface area contributed by atoms with E-state index in [4.69, 9.17) is 17.3 Å². The highest BCUT2D eigenvalue weighted by atomic mass is 35.5. The fourth-order valence-corrected chi connectivity index (χ4v) is 2.80. The fourth-order valence-electron chi connectivity index (χ4n) is 2.57. The fraction of sp³-hybridized carbons (Fsp3) is 0.625. The summed E-state index contributed by atoms with van der Waals surface area (Å²) in [4.78, 5) is 2.49. The van der Waals surface area contributed by atoms with E-state index < -0.39 is 0 Å². The van der Waals surface area contributed by atoms with Gasteiger partial charge in [0.25, 0.3) is 0 Å². The predicted molar refractivity (Wildman–Crippen MR) is 84.7 cm³/mol. The number of aryl methyl sites for hydroxylation is 1. The summed E-state index contributed by atoms with van der Waals surface area (Å²) < 4.78 is 0. The molecule has 0 saturated heterocycles. The van der Waals surface area contributed by atoms with Gasteiger partial charge in [-0.3, -0.25) is 4.90 Å². The summed E-state index contributed by atoms with van der Waals surface area (Å²) in [7, 11) is 0. The Morgan fingerprint density at radius 1 is 1.21 bits per heavy atom. The van der Waals surface area contributed by atoms with E-state index in [0.717, 1.165) is 11.6 Å². The summed E-state index contributed by atoms with van der Waals surface area (Å²) in [6, 6.07) is 6.84. The molecule has 1 aromatic carbocycles. The SMILES string of the molecule is Cc1cc(Cl)ccc1C(CN)N(CC(C)C)C(C)C. The van der Waals surface area contributed by atoms with Gasteiger partial charge >= 0.3 is 0 Å². The van der Waals surface area contributed by atoms with Crippen LogP contribution in [0.5, 0.6) is 0 Å². The van der Waals surface area contributed by atoms with Gasteiger partial charge in [0.1, 0.15) is 0 Å². The molecule has 0 spiro atoms. The number of rotatable bonds is 6. The van der Waals surface area contributed by atoms with Crippen LogP contribution in [0.3, 0.4) is 0 Å². The molecule has 0 fully saturated rings. The molecule has 0 aliphatic rings. The lowest BCUT2D eigenvalue weighted by molar-refractivity contribution is 0.138. The maximum atomic E-state index is 6.05. The predicted octanol–water partition coefficient (Wildman–Crippen LogP) is 4.01. The van der Waals surface area contributed by atoms with Crippen LogP contribution in [-0.2, 0) is 0 Å². The largest absolute Gasteiger partial charge is 0.329 e. The van der Waals surface area contributed by atoms with Crippen molar-refractivity contribution in [2.45, 2.75) is 46.7 Å². The van der Waals surface area contributed by atoms with Gasteiger partial charge in [0.15, 0.2) is 0 Å². The molecule has 1 rings (SSSR count). The lowest BCUT2D eigenvalue weighted by Gasteiger charge is -2.36. The van der Waals surface area contributed by atoms with Crippen molar-refractivity contribution in [3.63, 3.8) is 0 Å². The molecule has 108 valence electrons. The van der Waals surface area contributed by atoms with Gasteiger partial charge < -0.3 is 5.73 Å². The van der Waals surface area contributed by atoms with Crippen LogP contribution in [-0.4, -0.2) is 24.0 Å². The molecule has 0 aliphatic carbocycles. The molecule has 0 amide bonds. The van der Waals surface area contributed by atoms with Crippen molar-refractivity contribution in [1.29, 1.82) is 0 Å². The minimum Gasteiger partial charge on any atom is -0.329 e. The zero-order chi connectivity index (χ0) is 14.6. The second-order valence-electron chi connectivity index (χ2n) is 5.94. The minimum absolute atomic E-state index is 0.264. The van der Waals surface area contributed by atoms with Crippen molar-refractivity contribution in [2.24, 2.45) is 11.7 Å². The molecule has 0 saturated carbocycles. The lowest BCUT2D eigenvalue weighted by atomic mass is 9.97. The van der Waals surface area contributed by atoms with Gasteiger partial charge in [-0.1, -0.05) is 31.5 Å². The molecule has 19 heavy (non-hydrogen) atoms. The third-order valence-corrected chi connectivity index (χ3v) is 3.69. The Kier molecular flexibility index (Phi) is 6.31. The Balaban J connectivity index is 3.08. The topological polar surface area (TPSA) is 29.3 Å². The van der Waals surface area contributed by atoms with Crippen molar-refractivity contribution in [3.05, 3.63) is 34.3 Å². The number of hydrogen-bond donors (Lipinski definition) is 1. The van der Waals surface area contributed by atoms with Gasteiger partial charge in [0.05, 0.1) is 0 Å². The molecule has 3 heteroatoms. The third kappa shape index (κ3) is 4.48. The molecule has 0 bridgehead atoms. The number of hydrogen-bond acceptors (Lipinski definition) is 2. The first-order valence-corrected chi connectivity index (χ1v) is 7.46. The summed E-state index contributed by atoms with van der Waals surface area (Å²) >= 11 is 6.05. The molecule has 0 aromatic heterocycles. The molecule has 0 radical (unpaired) electrons. The van der Waals surface area contributed by atoms with Crippen LogP contribution in [0, 0.1) is 12.8 Å². The first kappa shape index (κ1) is 16.5. The summed E-state index contributed by atoms with van der Waals surface area (Å²) in [6.07, 6.45) is 0. The smallest absolute Gasteiger partial charge is 0.0475 e. The van der Waals surface area contributed by atoms with E-state index in [9.17, 15) is 0 Å². The van der Waals surface area contributed by atoms with Crippen molar-refractivity contribution >= 4 is 11.6 Å². The summed E-state index contributed by atoms with van der Waals surface area (Å²) in [6.45, 7) is 12.8. The highest BCUT2D eigenvalue weighted by Crippen LogP contribution is 2.27. The van der Waals surface area contributed by atoms with E-state index in [1.807, 2.05) is 12.1 Å². The summed E-state index contributed by atoms with van der Waals surface area (Å²) in [5.74, 6) is 0.629. The van der Waals surface area contributed by atoms with Crippen molar-refractivity contribution < 1.29 is 0 Å².